The molecule has 15 heavy (non-hydrogen) atoms. The second kappa shape index (κ2) is 3.51. The lowest BCUT2D eigenvalue weighted by atomic mass is 9.55. The Morgan fingerprint density at radius 1 is 1.33 bits per heavy atom. The molecule has 3 fully saturated rings. The second-order valence-electron chi connectivity index (χ2n) is 4.81. The summed E-state index contributed by atoms with van der Waals surface area (Å²) in [5.74, 6) is -0.628. The molecule has 3 aliphatic carbocycles. The average molecular weight is 211 g/mol. The molecule has 2 bridgehead atoms. The molecule has 0 radical (unpaired) electrons. The van der Waals surface area contributed by atoms with Crippen LogP contribution >= 0.6 is 0 Å². The second-order valence-corrected chi connectivity index (χ2v) is 4.81. The Hall–Kier alpha value is -1.06. The number of nitrogens with one attached hydrogen (secondary N) is 1. The van der Waals surface area contributed by atoms with Crippen molar-refractivity contribution in [2.24, 2.45) is 17.3 Å². The van der Waals surface area contributed by atoms with E-state index in [4.69, 9.17) is 0 Å². The number of aliphatic carboxylic acids is 1. The minimum atomic E-state index is -0.783. The quantitative estimate of drug-likeness (QED) is 0.716. The molecule has 3 saturated carbocycles. The van der Waals surface area contributed by atoms with Gasteiger partial charge in [-0.25, -0.2) is 0 Å². The predicted molar refractivity (Wildman–Crippen MR) is 54.2 cm³/mol. The third-order valence-electron chi connectivity index (χ3n) is 4.22. The van der Waals surface area contributed by atoms with Gasteiger partial charge >= 0.3 is 5.97 Å². The minimum absolute atomic E-state index is 0.0956. The molecule has 1 unspecified atom stereocenters. The third-order valence-corrected chi connectivity index (χ3v) is 4.22. The summed E-state index contributed by atoms with van der Waals surface area (Å²) in [6.07, 6.45) is 4.04. The van der Waals surface area contributed by atoms with Gasteiger partial charge in [0.15, 0.2) is 0 Å². The molecular weight excluding hydrogens is 194 g/mol. The molecule has 0 aliphatic heterocycles. The topological polar surface area (TPSA) is 66.4 Å². The van der Waals surface area contributed by atoms with Gasteiger partial charge in [-0.05, 0) is 38.0 Å². The molecule has 0 heterocycles. The van der Waals surface area contributed by atoms with Gasteiger partial charge in [-0.2, -0.15) is 0 Å². The first-order valence-corrected chi connectivity index (χ1v) is 5.55. The van der Waals surface area contributed by atoms with Crippen LogP contribution in [-0.2, 0) is 9.59 Å². The fraction of sp³-hybridized carbons (Fsp3) is 0.818. The van der Waals surface area contributed by atoms with Gasteiger partial charge in [0.25, 0.3) is 0 Å². The number of carboxylic acids is 1. The summed E-state index contributed by atoms with van der Waals surface area (Å²) >= 11 is 0. The molecule has 4 heteroatoms. The Balaban J connectivity index is 2.29. The minimum Gasteiger partial charge on any atom is -0.481 e. The fourth-order valence-electron chi connectivity index (χ4n) is 3.23. The summed E-state index contributed by atoms with van der Waals surface area (Å²) in [5, 5.41) is 11.9. The number of fused-ring (bicyclic) bond motifs is 3. The maximum Gasteiger partial charge on any atom is 0.310 e. The highest BCUT2D eigenvalue weighted by atomic mass is 16.4. The van der Waals surface area contributed by atoms with Crippen LogP contribution < -0.4 is 5.32 Å². The molecule has 0 spiro atoms. The van der Waals surface area contributed by atoms with Crippen LogP contribution in [0.1, 0.15) is 32.1 Å². The number of hydrogen-bond acceptors (Lipinski definition) is 2. The molecular formula is C11H17NO3. The van der Waals surface area contributed by atoms with E-state index >= 15 is 0 Å². The molecule has 0 saturated heterocycles. The summed E-state index contributed by atoms with van der Waals surface area (Å²) < 4.78 is 0. The summed E-state index contributed by atoms with van der Waals surface area (Å²) in [7, 11) is 1.58. The molecule has 3 aliphatic rings. The highest BCUT2D eigenvalue weighted by Crippen LogP contribution is 2.53. The number of carbonyl (C=O) groups is 2. The van der Waals surface area contributed by atoms with E-state index in [1.165, 1.54) is 0 Å². The van der Waals surface area contributed by atoms with Crippen LogP contribution in [0.15, 0.2) is 0 Å². The lowest BCUT2D eigenvalue weighted by Gasteiger charge is -2.48. The van der Waals surface area contributed by atoms with Crippen LogP contribution in [0, 0.1) is 17.3 Å². The predicted octanol–water partition coefficient (Wildman–Crippen LogP) is 1.01. The van der Waals surface area contributed by atoms with Gasteiger partial charge in [0.05, 0.1) is 11.3 Å². The average Bonchev–Trinajstić information content (AvgIpc) is 2.29. The first-order valence-electron chi connectivity index (χ1n) is 5.55. The Labute approximate surface area is 89.0 Å². The molecule has 0 aromatic rings. The van der Waals surface area contributed by atoms with Crippen molar-refractivity contribution in [1.29, 1.82) is 0 Å². The highest BCUT2D eigenvalue weighted by molar-refractivity contribution is 5.87. The number of carboxylic acid groups (broad SMARTS) is 1. The third kappa shape index (κ3) is 1.43. The van der Waals surface area contributed by atoms with Crippen molar-refractivity contribution < 1.29 is 14.7 Å². The van der Waals surface area contributed by atoms with Gasteiger partial charge in [0, 0.05) is 7.05 Å². The summed E-state index contributed by atoms with van der Waals surface area (Å²) in [5.41, 5.74) is -0.769. The fourth-order valence-corrected chi connectivity index (χ4v) is 3.23. The highest BCUT2D eigenvalue weighted by Gasteiger charge is 2.55. The monoisotopic (exact) mass is 211 g/mol. The Kier molecular flexibility index (Phi) is 2.44. The van der Waals surface area contributed by atoms with Gasteiger partial charge in [0.2, 0.25) is 5.91 Å². The molecule has 4 nitrogen and oxygen atoms in total. The van der Waals surface area contributed by atoms with Gasteiger partial charge in [0.1, 0.15) is 0 Å². The first kappa shape index (κ1) is 10.5. The van der Waals surface area contributed by atoms with E-state index in [-0.39, 0.29) is 11.8 Å². The van der Waals surface area contributed by atoms with Crippen molar-refractivity contribution >= 4 is 11.9 Å². The van der Waals surface area contributed by atoms with Gasteiger partial charge < -0.3 is 10.4 Å². The number of carbonyl (C=O) groups excluding carboxylic acids is 1. The van der Waals surface area contributed by atoms with Crippen LogP contribution in [0.25, 0.3) is 0 Å². The number of hydrogen-bond donors (Lipinski definition) is 2. The number of amides is 1. The van der Waals surface area contributed by atoms with Crippen LogP contribution in [0.2, 0.25) is 0 Å². The Morgan fingerprint density at radius 2 is 1.93 bits per heavy atom. The van der Waals surface area contributed by atoms with Gasteiger partial charge in [-0.3, -0.25) is 9.59 Å². The smallest absolute Gasteiger partial charge is 0.310 e. The maximum atomic E-state index is 11.7. The van der Waals surface area contributed by atoms with Crippen LogP contribution in [0.5, 0.6) is 0 Å². The van der Waals surface area contributed by atoms with E-state index in [0.717, 1.165) is 19.3 Å². The van der Waals surface area contributed by atoms with E-state index in [0.29, 0.717) is 18.8 Å². The molecule has 0 aromatic carbocycles. The molecule has 0 aromatic heterocycles. The van der Waals surface area contributed by atoms with E-state index in [1.54, 1.807) is 7.05 Å². The largest absolute Gasteiger partial charge is 0.481 e. The molecule has 2 N–H and O–H groups in total. The summed E-state index contributed by atoms with van der Waals surface area (Å²) in [4.78, 5) is 23.1. The van der Waals surface area contributed by atoms with E-state index in [2.05, 4.69) is 5.32 Å². The standard InChI is InChI=1S/C11H17NO3/c1-12-9(13)8-6-7-2-4-11(8,5-3-7)10(14)15/h7-8H,2-6H2,1H3,(H,12,13)(H,14,15). The number of rotatable bonds is 2. The normalized spacial score (nSPS) is 38.7. The van der Waals surface area contributed by atoms with Gasteiger partial charge in [-0.15, -0.1) is 0 Å². The van der Waals surface area contributed by atoms with Crippen molar-refractivity contribution in [3.63, 3.8) is 0 Å². The van der Waals surface area contributed by atoms with Crippen LogP contribution in [-0.4, -0.2) is 24.0 Å². The lowest BCUT2D eigenvalue weighted by Crippen LogP contribution is -2.52. The van der Waals surface area contributed by atoms with Gasteiger partial charge in [-0.1, -0.05) is 0 Å². The zero-order valence-electron chi connectivity index (χ0n) is 8.95. The van der Waals surface area contributed by atoms with Crippen molar-refractivity contribution in [2.45, 2.75) is 32.1 Å². The molecule has 1 amide bonds. The molecule has 3 rings (SSSR count). The summed E-state index contributed by atoms with van der Waals surface area (Å²) in [6, 6.07) is 0. The zero-order valence-corrected chi connectivity index (χ0v) is 8.95. The van der Waals surface area contributed by atoms with Crippen LogP contribution in [0.3, 0.4) is 0 Å². The van der Waals surface area contributed by atoms with E-state index < -0.39 is 11.4 Å². The van der Waals surface area contributed by atoms with Crippen molar-refractivity contribution in [1.82, 2.24) is 5.32 Å². The van der Waals surface area contributed by atoms with E-state index in [9.17, 15) is 14.7 Å². The lowest BCUT2D eigenvalue weighted by molar-refractivity contribution is -0.166. The van der Waals surface area contributed by atoms with E-state index in [1.807, 2.05) is 0 Å². The van der Waals surface area contributed by atoms with Crippen LogP contribution in [0.4, 0.5) is 0 Å². The molecule has 84 valence electrons. The molecule has 1 atom stereocenters. The summed E-state index contributed by atoms with van der Waals surface area (Å²) in [6.45, 7) is 0. The van der Waals surface area contributed by atoms with Crippen molar-refractivity contribution in [3.8, 4) is 0 Å². The maximum absolute atomic E-state index is 11.7. The Bertz CT molecular complexity index is 292. The first-order chi connectivity index (χ1) is 7.10. The SMILES string of the molecule is CNC(=O)C1CC2CCC1(C(=O)O)CC2. The Morgan fingerprint density at radius 3 is 2.40 bits per heavy atom. The zero-order chi connectivity index (χ0) is 11.1. The van der Waals surface area contributed by atoms with Crippen molar-refractivity contribution in [2.75, 3.05) is 7.05 Å². The van der Waals surface area contributed by atoms with Crippen molar-refractivity contribution in [3.05, 3.63) is 0 Å².